The first-order valence-electron chi connectivity index (χ1n) is 9.46. The quantitative estimate of drug-likeness (QED) is 0.824. The Hall–Kier alpha value is -2.76. The smallest absolute Gasteiger partial charge is 0.251 e. The molecule has 1 saturated carbocycles. The molecule has 148 valence electrons. The molecule has 0 atom stereocenters. The van der Waals surface area contributed by atoms with E-state index in [4.69, 9.17) is 5.73 Å². The van der Waals surface area contributed by atoms with Crippen LogP contribution in [0, 0.1) is 18.2 Å². The van der Waals surface area contributed by atoms with Crippen molar-refractivity contribution in [2.75, 3.05) is 0 Å². The van der Waals surface area contributed by atoms with E-state index in [-0.39, 0.29) is 22.9 Å². The van der Waals surface area contributed by atoms with Crippen LogP contribution < -0.4 is 11.1 Å². The molecule has 2 aromatic rings. The van der Waals surface area contributed by atoms with Crippen molar-refractivity contribution >= 4 is 11.8 Å². The van der Waals surface area contributed by atoms with E-state index in [9.17, 15) is 14.0 Å². The summed E-state index contributed by atoms with van der Waals surface area (Å²) in [5.74, 6) is -1.29. The lowest BCUT2D eigenvalue weighted by Gasteiger charge is -2.20. The summed E-state index contributed by atoms with van der Waals surface area (Å²) in [7, 11) is 0. The Morgan fingerprint density at radius 1 is 1.25 bits per heavy atom. The average molecular weight is 383 g/mol. The Morgan fingerprint density at radius 2 is 1.93 bits per heavy atom. The minimum atomic E-state index is -0.543. The molecule has 1 aromatic carbocycles. The first kappa shape index (κ1) is 20.0. The van der Waals surface area contributed by atoms with Gasteiger partial charge in [-0.15, -0.1) is 0 Å². The molecule has 0 saturated heterocycles. The zero-order valence-electron chi connectivity index (χ0n) is 16.7. The van der Waals surface area contributed by atoms with E-state index >= 15 is 0 Å². The fraction of sp³-hybridized carbons (Fsp3) is 0.409. The number of pyridine rings is 1. The summed E-state index contributed by atoms with van der Waals surface area (Å²) in [5, 5.41) is 2.87. The summed E-state index contributed by atoms with van der Waals surface area (Å²) in [6.07, 6.45) is 2.46. The van der Waals surface area contributed by atoms with Crippen molar-refractivity contribution in [3.8, 4) is 11.3 Å². The van der Waals surface area contributed by atoms with Crippen molar-refractivity contribution in [2.24, 2.45) is 11.1 Å². The van der Waals surface area contributed by atoms with Gasteiger partial charge in [-0.3, -0.25) is 14.6 Å². The number of benzene rings is 1. The second-order valence-electron chi connectivity index (χ2n) is 8.67. The molecule has 3 rings (SSSR count). The maximum atomic E-state index is 14.5. The predicted octanol–water partition coefficient (Wildman–Crippen LogP) is 3.78. The lowest BCUT2D eigenvalue weighted by atomic mass is 9.88. The van der Waals surface area contributed by atoms with E-state index in [0.29, 0.717) is 34.5 Å². The zero-order valence-corrected chi connectivity index (χ0v) is 16.7. The number of primary amides is 1. The van der Waals surface area contributed by atoms with Crippen molar-refractivity contribution in [3.05, 3.63) is 52.5 Å². The summed E-state index contributed by atoms with van der Waals surface area (Å²) in [4.78, 5) is 28.8. The number of rotatable bonds is 5. The third kappa shape index (κ3) is 4.55. The molecule has 0 aliphatic heterocycles. The highest BCUT2D eigenvalue weighted by molar-refractivity contribution is 5.96. The fourth-order valence-electron chi connectivity index (χ4n) is 3.09. The third-order valence-electron chi connectivity index (χ3n) is 4.73. The summed E-state index contributed by atoms with van der Waals surface area (Å²) in [6.45, 7) is 7.78. The second kappa shape index (κ2) is 7.34. The van der Waals surface area contributed by atoms with E-state index in [2.05, 4.69) is 10.3 Å². The summed E-state index contributed by atoms with van der Waals surface area (Å²) in [6, 6.07) is 6.37. The molecule has 2 amide bonds. The largest absolute Gasteiger partial charge is 0.366 e. The van der Waals surface area contributed by atoms with Crippen LogP contribution in [0.3, 0.4) is 0 Å². The molecule has 1 aliphatic rings. The Bertz CT molecular complexity index is 944. The normalized spacial score (nSPS) is 14.0. The van der Waals surface area contributed by atoms with Gasteiger partial charge in [-0.2, -0.15) is 0 Å². The molecule has 0 spiro atoms. The molecule has 1 fully saturated rings. The van der Waals surface area contributed by atoms with E-state index in [1.165, 1.54) is 6.07 Å². The van der Waals surface area contributed by atoms with E-state index in [1.54, 1.807) is 25.1 Å². The number of nitrogens with one attached hydrogen (secondary N) is 1. The first-order valence-corrected chi connectivity index (χ1v) is 9.46. The Morgan fingerprint density at radius 3 is 2.50 bits per heavy atom. The van der Waals surface area contributed by atoms with Gasteiger partial charge >= 0.3 is 0 Å². The molecule has 6 heteroatoms. The number of carbonyl (C=O) groups is 2. The van der Waals surface area contributed by atoms with Crippen molar-refractivity contribution < 1.29 is 14.0 Å². The maximum Gasteiger partial charge on any atom is 0.251 e. The van der Waals surface area contributed by atoms with Crippen LogP contribution in [0.4, 0.5) is 4.39 Å². The van der Waals surface area contributed by atoms with Crippen LogP contribution in [-0.2, 0) is 6.42 Å². The monoisotopic (exact) mass is 383 g/mol. The molecule has 1 aromatic heterocycles. The molecular formula is C22H26FN3O2. The minimum absolute atomic E-state index is 0.109. The number of carbonyl (C=O) groups excluding carboxylic acids is 2. The van der Waals surface area contributed by atoms with Crippen LogP contribution >= 0.6 is 0 Å². The van der Waals surface area contributed by atoms with Crippen LogP contribution in [0.5, 0.6) is 0 Å². The molecular weight excluding hydrogens is 357 g/mol. The average Bonchev–Trinajstić information content (AvgIpc) is 3.39. The molecule has 1 aliphatic carbocycles. The van der Waals surface area contributed by atoms with Crippen molar-refractivity contribution in [3.63, 3.8) is 0 Å². The minimum Gasteiger partial charge on any atom is -0.366 e. The molecule has 1 heterocycles. The van der Waals surface area contributed by atoms with Gasteiger partial charge in [-0.1, -0.05) is 20.8 Å². The van der Waals surface area contributed by atoms with E-state index < -0.39 is 11.7 Å². The van der Waals surface area contributed by atoms with Gasteiger partial charge in [-0.05, 0) is 61.4 Å². The molecule has 0 unspecified atom stereocenters. The Kier molecular flexibility index (Phi) is 5.24. The standard InChI is InChI=1S/C22H26FN3O2/c1-12-16(9-13(10-17(12)23)21(28)25-14-5-6-14)18-8-7-15(20(24)27)19(26-18)11-22(2,3)4/h7-10,14H,5-6,11H2,1-4H3,(H2,24,27)(H,25,28). The van der Waals surface area contributed by atoms with Gasteiger partial charge < -0.3 is 11.1 Å². The van der Waals surface area contributed by atoms with Crippen molar-refractivity contribution in [1.82, 2.24) is 10.3 Å². The van der Waals surface area contributed by atoms with E-state index in [1.807, 2.05) is 20.8 Å². The van der Waals surface area contributed by atoms with Gasteiger partial charge in [0.25, 0.3) is 11.8 Å². The number of nitrogens with zero attached hydrogens (tertiary/aromatic N) is 1. The SMILES string of the molecule is Cc1c(F)cc(C(=O)NC2CC2)cc1-c1ccc(C(N)=O)c(CC(C)(C)C)n1. The van der Waals surface area contributed by atoms with Gasteiger partial charge in [0.05, 0.1) is 17.0 Å². The van der Waals surface area contributed by atoms with Crippen LogP contribution in [0.2, 0.25) is 0 Å². The third-order valence-corrected chi connectivity index (χ3v) is 4.73. The number of amides is 2. The highest BCUT2D eigenvalue weighted by Gasteiger charge is 2.25. The molecule has 3 N–H and O–H groups in total. The molecule has 0 radical (unpaired) electrons. The Balaban J connectivity index is 2.06. The van der Waals surface area contributed by atoms with Crippen LogP contribution in [0.15, 0.2) is 24.3 Å². The van der Waals surface area contributed by atoms with Crippen LogP contribution in [0.25, 0.3) is 11.3 Å². The number of halogens is 1. The van der Waals surface area contributed by atoms with Crippen LogP contribution in [-0.4, -0.2) is 22.8 Å². The summed E-state index contributed by atoms with van der Waals surface area (Å²) in [5.41, 5.74) is 8.05. The number of nitrogens with two attached hydrogens (primary N) is 1. The Labute approximate surface area is 164 Å². The zero-order chi connectivity index (χ0) is 20.6. The second-order valence-corrected chi connectivity index (χ2v) is 8.67. The highest BCUT2D eigenvalue weighted by atomic mass is 19.1. The molecule has 28 heavy (non-hydrogen) atoms. The topological polar surface area (TPSA) is 85.1 Å². The first-order chi connectivity index (χ1) is 13.0. The summed E-state index contributed by atoms with van der Waals surface area (Å²) >= 11 is 0. The fourth-order valence-corrected chi connectivity index (χ4v) is 3.09. The lowest BCUT2D eigenvalue weighted by molar-refractivity contribution is 0.0949. The van der Waals surface area contributed by atoms with Crippen molar-refractivity contribution in [1.29, 1.82) is 0 Å². The lowest BCUT2D eigenvalue weighted by Crippen LogP contribution is -2.25. The number of aromatic nitrogens is 1. The van der Waals surface area contributed by atoms with Crippen molar-refractivity contribution in [2.45, 2.75) is 53.0 Å². The van der Waals surface area contributed by atoms with Gasteiger partial charge in [0.1, 0.15) is 5.82 Å². The molecule has 5 nitrogen and oxygen atoms in total. The van der Waals surface area contributed by atoms with Gasteiger partial charge in [0.15, 0.2) is 0 Å². The molecule has 0 bridgehead atoms. The number of hydrogen-bond acceptors (Lipinski definition) is 3. The van der Waals surface area contributed by atoms with Gasteiger partial charge in [-0.25, -0.2) is 4.39 Å². The maximum absolute atomic E-state index is 14.5. The summed E-state index contributed by atoms with van der Waals surface area (Å²) < 4.78 is 14.5. The predicted molar refractivity (Wildman–Crippen MR) is 107 cm³/mol. The van der Waals surface area contributed by atoms with Crippen LogP contribution in [0.1, 0.15) is 65.6 Å². The van der Waals surface area contributed by atoms with Gasteiger partial charge in [0.2, 0.25) is 0 Å². The number of hydrogen-bond donors (Lipinski definition) is 2. The van der Waals surface area contributed by atoms with Gasteiger partial charge in [0, 0.05) is 17.2 Å². The van der Waals surface area contributed by atoms with E-state index in [0.717, 1.165) is 12.8 Å². The highest BCUT2D eigenvalue weighted by Crippen LogP contribution is 2.29.